The lowest BCUT2D eigenvalue weighted by Gasteiger charge is -2.33. The third-order valence-electron chi connectivity index (χ3n) is 4.40. The number of carbonyl (C=O) groups excluding carboxylic acids is 2. The quantitative estimate of drug-likeness (QED) is 0.689. The maximum Gasteiger partial charge on any atom is 0.247 e. The summed E-state index contributed by atoms with van der Waals surface area (Å²) in [6.45, 7) is 8.69. The minimum absolute atomic E-state index is 0.0662. The van der Waals surface area contributed by atoms with Gasteiger partial charge in [0.25, 0.3) is 0 Å². The number of hydrogen-bond donors (Lipinski definition) is 1. The summed E-state index contributed by atoms with van der Waals surface area (Å²) in [5.41, 5.74) is 1.72. The smallest absolute Gasteiger partial charge is 0.247 e. The van der Waals surface area contributed by atoms with Gasteiger partial charge in [-0.05, 0) is 29.2 Å². The van der Waals surface area contributed by atoms with Crippen molar-refractivity contribution in [3.8, 4) is 0 Å². The predicted octanol–water partition coefficient (Wildman–Crippen LogP) is 4.84. The highest BCUT2D eigenvalue weighted by Crippen LogP contribution is 2.26. The largest absolute Gasteiger partial charge is 0.354 e. The van der Waals surface area contributed by atoms with Crippen LogP contribution in [0.2, 0.25) is 5.02 Å². The summed E-state index contributed by atoms with van der Waals surface area (Å²) in [5, 5.41) is 3.63. The molecule has 0 aliphatic rings. The van der Waals surface area contributed by atoms with E-state index in [-0.39, 0.29) is 17.7 Å². The van der Waals surface area contributed by atoms with Crippen LogP contribution in [0.3, 0.4) is 0 Å². The third kappa shape index (κ3) is 6.10. The topological polar surface area (TPSA) is 49.4 Å². The molecule has 0 fully saturated rings. The number of halogens is 1. The summed E-state index contributed by atoms with van der Waals surface area (Å²) >= 11 is 6.00. The zero-order chi connectivity index (χ0) is 20.7. The van der Waals surface area contributed by atoms with Crippen molar-refractivity contribution in [1.29, 1.82) is 0 Å². The van der Waals surface area contributed by atoms with Crippen LogP contribution in [0.1, 0.15) is 44.9 Å². The van der Waals surface area contributed by atoms with Gasteiger partial charge in [-0.15, -0.1) is 0 Å². The highest BCUT2D eigenvalue weighted by Gasteiger charge is 2.32. The van der Waals surface area contributed by atoms with Crippen LogP contribution in [0.5, 0.6) is 0 Å². The molecule has 5 heteroatoms. The highest BCUT2D eigenvalue weighted by molar-refractivity contribution is 6.30. The van der Waals surface area contributed by atoms with Gasteiger partial charge in [-0.1, -0.05) is 81.8 Å². The molecule has 4 nitrogen and oxygen atoms in total. The summed E-state index contributed by atoms with van der Waals surface area (Å²) in [6.07, 6.45) is 0. The van der Waals surface area contributed by atoms with E-state index < -0.39 is 6.04 Å². The molecule has 150 valence electrons. The first-order chi connectivity index (χ1) is 13.3. The fraction of sp³-hybridized carbons (Fsp3) is 0.391. The van der Waals surface area contributed by atoms with Crippen LogP contribution in [0.25, 0.3) is 0 Å². The summed E-state index contributed by atoms with van der Waals surface area (Å²) in [6, 6.07) is 16.1. The van der Waals surface area contributed by atoms with E-state index >= 15 is 0 Å². The van der Waals surface area contributed by atoms with Gasteiger partial charge in [-0.3, -0.25) is 9.59 Å². The first-order valence-corrected chi connectivity index (χ1v) is 10.0. The monoisotopic (exact) mass is 400 g/mol. The molecule has 2 amide bonds. The summed E-state index contributed by atoms with van der Waals surface area (Å²) in [4.78, 5) is 27.9. The van der Waals surface area contributed by atoms with Crippen molar-refractivity contribution in [2.45, 2.75) is 40.3 Å². The number of nitrogens with one attached hydrogen (secondary N) is 1. The molecule has 2 aromatic carbocycles. The molecule has 0 aromatic heterocycles. The Kier molecular flexibility index (Phi) is 8.06. The van der Waals surface area contributed by atoms with Crippen molar-refractivity contribution in [3.63, 3.8) is 0 Å². The molecule has 0 aliphatic carbocycles. The Morgan fingerprint density at radius 3 is 2.11 bits per heavy atom. The zero-order valence-corrected chi connectivity index (χ0v) is 17.7. The van der Waals surface area contributed by atoms with Crippen LogP contribution >= 0.6 is 11.6 Å². The Bertz CT molecular complexity index is 773. The number of hydrogen-bond acceptors (Lipinski definition) is 2. The maximum atomic E-state index is 13.1. The summed E-state index contributed by atoms with van der Waals surface area (Å²) in [7, 11) is 0. The average Bonchev–Trinajstić information content (AvgIpc) is 2.67. The lowest BCUT2D eigenvalue weighted by Crippen LogP contribution is -2.45. The van der Waals surface area contributed by atoms with Crippen LogP contribution in [0.4, 0.5) is 0 Å². The fourth-order valence-corrected chi connectivity index (χ4v) is 3.05. The molecule has 0 bridgehead atoms. The molecule has 0 aliphatic heterocycles. The fourth-order valence-electron chi connectivity index (χ4n) is 2.92. The Labute approximate surface area is 172 Å². The number of rotatable bonds is 8. The van der Waals surface area contributed by atoms with Gasteiger partial charge in [0.2, 0.25) is 11.8 Å². The Morgan fingerprint density at radius 1 is 0.964 bits per heavy atom. The van der Waals surface area contributed by atoms with Gasteiger partial charge < -0.3 is 10.2 Å². The zero-order valence-electron chi connectivity index (χ0n) is 17.0. The van der Waals surface area contributed by atoms with Crippen LogP contribution < -0.4 is 5.32 Å². The first kappa shape index (κ1) is 22.0. The van der Waals surface area contributed by atoms with E-state index in [0.717, 1.165) is 11.1 Å². The van der Waals surface area contributed by atoms with E-state index in [1.165, 1.54) is 0 Å². The van der Waals surface area contributed by atoms with Crippen LogP contribution in [-0.4, -0.2) is 23.3 Å². The van der Waals surface area contributed by atoms with E-state index in [1.807, 2.05) is 70.2 Å². The van der Waals surface area contributed by atoms with E-state index in [1.54, 1.807) is 17.0 Å². The van der Waals surface area contributed by atoms with Crippen LogP contribution in [-0.2, 0) is 16.1 Å². The molecule has 2 rings (SSSR count). The molecule has 1 unspecified atom stereocenters. The number of benzene rings is 2. The standard InChI is InChI=1S/C23H29ClN2O2/c1-16(2)14-25-22(27)21(19-8-6-5-7-9-19)26(23(28)17(3)4)15-18-10-12-20(24)13-11-18/h5-13,16-17,21H,14-15H2,1-4H3,(H,25,27). The van der Waals surface area contributed by atoms with E-state index in [0.29, 0.717) is 24.0 Å². The van der Waals surface area contributed by atoms with Gasteiger partial charge in [0, 0.05) is 24.0 Å². The number of nitrogens with zero attached hydrogens (tertiary/aromatic N) is 1. The van der Waals surface area contributed by atoms with Crippen LogP contribution in [0, 0.1) is 11.8 Å². The number of amides is 2. The second-order valence-corrected chi connectivity index (χ2v) is 8.14. The van der Waals surface area contributed by atoms with E-state index in [9.17, 15) is 9.59 Å². The van der Waals surface area contributed by atoms with Crippen molar-refractivity contribution in [3.05, 3.63) is 70.7 Å². The molecule has 1 N–H and O–H groups in total. The van der Waals surface area contributed by atoms with Crippen molar-refractivity contribution < 1.29 is 9.59 Å². The Balaban J connectivity index is 2.42. The molecule has 0 spiro atoms. The minimum Gasteiger partial charge on any atom is -0.354 e. The van der Waals surface area contributed by atoms with E-state index in [2.05, 4.69) is 5.32 Å². The number of carbonyl (C=O) groups is 2. The normalized spacial score (nSPS) is 12.1. The van der Waals surface area contributed by atoms with Gasteiger partial charge in [-0.25, -0.2) is 0 Å². The first-order valence-electron chi connectivity index (χ1n) is 9.67. The molecule has 0 saturated carbocycles. The van der Waals surface area contributed by atoms with Crippen molar-refractivity contribution >= 4 is 23.4 Å². The minimum atomic E-state index is -0.689. The highest BCUT2D eigenvalue weighted by atomic mass is 35.5. The summed E-state index contributed by atoms with van der Waals surface area (Å²) < 4.78 is 0. The molecule has 0 radical (unpaired) electrons. The maximum absolute atomic E-state index is 13.1. The Hall–Kier alpha value is -2.33. The van der Waals surface area contributed by atoms with Gasteiger partial charge >= 0.3 is 0 Å². The summed E-state index contributed by atoms with van der Waals surface area (Å²) in [5.74, 6) is -0.131. The molecular weight excluding hydrogens is 372 g/mol. The van der Waals surface area contributed by atoms with Crippen molar-refractivity contribution in [2.75, 3.05) is 6.54 Å². The third-order valence-corrected chi connectivity index (χ3v) is 4.66. The van der Waals surface area contributed by atoms with Crippen molar-refractivity contribution in [2.24, 2.45) is 11.8 Å². The second kappa shape index (κ2) is 10.3. The lowest BCUT2D eigenvalue weighted by atomic mass is 10.0. The molecular formula is C23H29ClN2O2. The molecule has 28 heavy (non-hydrogen) atoms. The SMILES string of the molecule is CC(C)CNC(=O)C(c1ccccc1)N(Cc1ccc(Cl)cc1)C(=O)C(C)C. The lowest BCUT2D eigenvalue weighted by molar-refractivity contribution is -0.144. The predicted molar refractivity (Wildman–Crippen MR) is 114 cm³/mol. The molecule has 2 aromatic rings. The molecule has 1 atom stereocenters. The van der Waals surface area contributed by atoms with Crippen molar-refractivity contribution in [1.82, 2.24) is 10.2 Å². The second-order valence-electron chi connectivity index (χ2n) is 7.70. The Morgan fingerprint density at radius 2 is 1.57 bits per heavy atom. The van der Waals surface area contributed by atoms with Gasteiger partial charge in [0.05, 0.1) is 0 Å². The van der Waals surface area contributed by atoms with Gasteiger partial charge in [0.1, 0.15) is 6.04 Å². The van der Waals surface area contributed by atoms with Crippen LogP contribution in [0.15, 0.2) is 54.6 Å². The molecule has 0 saturated heterocycles. The van der Waals surface area contributed by atoms with Gasteiger partial charge in [0.15, 0.2) is 0 Å². The molecule has 0 heterocycles. The average molecular weight is 401 g/mol. The van der Waals surface area contributed by atoms with Gasteiger partial charge in [-0.2, -0.15) is 0 Å². The van der Waals surface area contributed by atoms with E-state index in [4.69, 9.17) is 11.6 Å².